The van der Waals surface area contributed by atoms with Crippen LogP contribution < -0.4 is 0 Å². The molecule has 2 unspecified atom stereocenters. The van der Waals surface area contributed by atoms with Crippen molar-refractivity contribution in [3.8, 4) is 0 Å². The van der Waals surface area contributed by atoms with E-state index in [2.05, 4.69) is 52.0 Å². The summed E-state index contributed by atoms with van der Waals surface area (Å²) >= 11 is 0. The molecule has 5 atom stereocenters. The fourth-order valence-electron chi connectivity index (χ4n) is 2.67. The SMILES string of the molecule is CC1O[C@H](C)[C@@H](C)C(OCc2ccccc2)[C@H]1C. The molecule has 2 heteroatoms. The van der Waals surface area contributed by atoms with Crippen LogP contribution in [0.1, 0.15) is 33.3 Å². The van der Waals surface area contributed by atoms with Gasteiger partial charge in [0.1, 0.15) is 0 Å². The van der Waals surface area contributed by atoms with Crippen LogP contribution in [0.3, 0.4) is 0 Å². The molecule has 100 valence electrons. The van der Waals surface area contributed by atoms with Crippen LogP contribution in [0.2, 0.25) is 0 Å². The Bertz CT molecular complexity index is 349. The van der Waals surface area contributed by atoms with E-state index in [0.29, 0.717) is 18.4 Å². The number of ether oxygens (including phenoxy) is 2. The smallest absolute Gasteiger partial charge is 0.0720 e. The van der Waals surface area contributed by atoms with Crippen LogP contribution >= 0.6 is 0 Å². The number of hydrogen-bond donors (Lipinski definition) is 0. The third kappa shape index (κ3) is 2.93. The van der Waals surface area contributed by atoms with Crippen molar-refractivity contribution in [2.45, 2.75) is 52.6 Å². The fourth-order valence-corrected chi connectivity index (χ4v) is 2.67. The second-order valence-corrected chi connectivity index (χ2v) is 5.53. The van der Waals surface area contributed by atoms with Gasteiger partial charge >= 0.3 is 0 Å². The van der Waals surface area contributed by atoms with Gasteiger partial charge in [-0.3, -0.25) is 0 Å². The second-order valence-electron chi connectivity index (χ2n) is 5.53. The van der Waals surface area contributed by atoms with Crippen molar-refractivity contribution in [2.24, 2.45) is 11.8 Å². The van der Waals surface area contributed by atoms with Gasteiger partial charge in [0.25, 0.3) is 0 Å². The maximum absolute atomic E-state index is 6.15. The van der Waals surface area contributed by atoms with Gasteiger partial charge < -0.3 is 9.47 Å². The summed E-state index contributed by atoms with van der Waals surface area (Å²) in [5.74, 6) is 0.889. The van der Waals surface area contributed by atoms with Gasteiger partial charge in [-0.1, -0.05) is 44.2 Å². The average molecular weight is 248 g/mol. The van der Waals surface area contributed by atoms with E-state index in [9.17, 15) is 0 Å². The first-order valence-electron chi connectivity index (χ1n) is 6.90. The van der Waals surface area contributed by atoms with Crippen molar-refractivity contribution in [2.75, 3.05) is 0 Å². The summed E-state index contributed by atoms with van der Waals surface area (Å²) in [6, 6.07) is 10.4. The Kier molecular flexibility index (Phi) is 4.41. The molecule has 2 rings (SSSR count). The van der Waals surface area contributed by atoms with E-state index in [0.717, 1.165) is 0 Å². The van der Waals surface area contributed by atoms with Gasteiger partial charge in [0.15, 0.2) is 0 Å². The highest BCUT2D eigenvalue weighted by atomic mass is 16.5. The molecule has 0 aliphatic carbocycles. The molecule has 1 aliphatic heterocycles. The quantitative estimate of drug-likeness (QED) is 0.813. The zero-order valence-corrected chi connectivity index (χ0v) is 11.8. The lowest BCUT2D eigenvalue weighted by Crippen LogP contribution is -2.47. The van der Waals surface area contributed by atoms with Crippen molar-refractivity contribution in [1.29, 1.82) is 0 Å². The predicted molar refractivity (Wildman–Crippen MR) is 73.4 cm³/mol. The van der Waals surface area contributed by atoms with E-state index in [1.807, 2.05) is 6.07 Å². The maximum Gasteiger partial charge on any atom is 0.0720 e. The molecule has 1 fully saturated rings. The van der Waals surface area contributed by atoms with Gasteiger partial charge in [-0.25, -0.2) is 0 Å². The number of benzene rings is 1. The Morgan fingerprint density at radius 1 is 0.944 bits per heavy atom. The largest absolute Gasteiger partial charge is 0.375 e. The molecule has 0 saturated carbocycles. The minimum atomic E-state index is 0.275. The molecule has 1 aromatic rings. The Morgan fingerprint density at radius 2 is 1.50 bits per heavy atom. The van der Waals surface area contributed by atoms with Gasteiger partial charge in [0.2, 0.25) is 0 Å². The van der Waals surface area contributed by atoms with Gasteiger partial charge in [0, 0.05) is 11.8 Å². The molecule has 1 aliphatic rings. The van der Waals surface area contributed by atoms with Crippen LogP contribution in [0.25, 0.3) is 0 Å². The summed E-state index contributed by atoms with van der Waals surface area (Å²) in [6.45, 7) is 9.43. The van der Waals surface area contributed by atoms with Gasteiger partial charge in [0.05, 0.1) is 24.9 Å². The van der Waals surface area contributed by atoms with Gasteiger partial charge in [-0.15, -0.1) is 0 Å². The molecular weight excluding hydrogens is 224 g/mol. The summed E-state index contributed by atoms with van der Waals surface area (Å²) in [5, 5.41) is 0. The lowest BCUT2D eigenvalue weighted by atomic mass is 9.83. The molecule has 0 bridgehead atoms. The first-order valence-corrected chi connectivity index (χ1v) is 6.90. The highest BCUT2D eigenvalue weighted by molar-refractivity contribution is 5.13. The van der Waals surface area contributed by atoms with Crippen LogP contribution in [0, 0.1) is 11.8 Å². The summed E-state index contributed by atoms with van der Waals surface area (Å²) in [6.07, 6.45) is 0.831. The molecule has 0 spiro atoms. The molecule has 2 nitrogen and oxygen atoms in total. The first-order chi connectivity index (χ1) is 8.59. The standard InChI is InChI=1S/C16H24O2/c1-11-13(3)18-14(4)12(2)16(11)17-10-15-8-6-5-7-9-15/h5-9,11-14,16H,10H2,1-4H3/t11-,12+,13-,14?,16?/m1/s1. The highest BCUT2D eigenvalue weighted by Gasteiger charge is 2.38. The van der Waals surface area contributed by atoms with Gasteiger partial charge in [-0.2, -0.15) is 0 Å². The van der Waals surface area contributed by atoms with Gasteiger partial charge in [-0.05, 0) is 19.4 Å². The van der Waals surface area contributed by atoms with Crippen LogP contribution in [0.5, 0.6) is 0 Å². The normalized spacial score (nSPS) is 36.6. The maximum atomic E-state index is 6.15. The lowest BCUT2D eigenvalue weighted by molar-refractivity contribution is -0.172. The van der Waals surface area contributed by atoms with E-state index in [-0.39, 0.29) is 18.3 Å². The van der Waals surface area contributed by atoms with E-state index < -0.39 is 0 Å². The van der Waals surface area contributed by atoms with E-state index in [1.54, 1.807) is 0 Å². The minimum absolute atomic E-state index is 0.275. The monoisotopic (exact) mass is 248 g/mol. The fraction of sp³-hybridized carbons (Fsp3) is 0.625. The molecule has 0 radical (unpaired) electrons. The van der Waals surface area contributed by atoms with Crippen molar-refractivity contribution in [3.05, 3.63) is 35.9 Å². The number of rotatable bonds is 3. The third-order valence-electron chi connectivity index (χ3n) is 4.23. The second kappa shape index (κ2) is 5.85. The average Bonchev–Trinajstić information content (AvgIpc) is 2.38. The van der Waals surface area contributed by atoms with Crippen LogP contribution in [0.4, 0.5) is 0 Å². The third-order valence-corrected chi connectivity index (χ3v) is 4.23. The molecule has 1 aromatic carbocycles. The lowest BCUT2D eigenvalue weighted by Gasteiger charge is -2.42. The Morgan fingerprint density at radius 3 is 2.06 bits per heavy atom. The Labute approximate surface area is 110 Å². The van der Waals surface area contributed by atoms with Crippen LogP contribution in [0.15, 0.2) is 30.3 Å². The van der Waals surface area contributed by atoms with Crippen molar-refractivity contribution in [1.82, 2.24) is 0 Å². The van der Waals surface area contributed by atoms with E-state index in [4.69, 9.17) is 9.47 Å². The molecular formula is C16H24O2. The van der Waals surface area contributed by atoms with Crippen LogP contribution in [-0.2, 0) is 16.1 Å². The summed E-state index contributed by atoms with van der Waals surface area (Å²) in [4.78, 5) is 0. The molecule has 1 heterocycles. The van der Waals surface area contributed by atoms with Crippen molar-refractivity contribution >= 4 is 0 Å². The molecule has 1 saturated heterocycles. The predicted octanol–water partition coefficient (Wildman–Crippen LogP) is 3.65. The Hall–Kier alpha value is -0.860. The molecule has 0 N–H and O–H groups in total. The molecule has 0 aromatic heterocycles. The van der Waals surface area contributed by atoms with Crippen LogP contribution in [-0.4, -0.2) is 18.3 Å². The zero-order chi connectivity index (χ0) is 13.1. The van der Waals surface area contributed by atoms with E-state index >= 15 is 0 Å². The minimum Gasteiger partial charge on any atom is -0.375 e. The van der Waals surface area contributed by atoms with E-state index in [1.165, 1.54) is 5.56 Å². The van der Waals surface area contributed by atoms with Crippen molar-refractivity contribution in [3.63, 3.8) is 0 Å². The highest BCUT2D eigenvalue weighted by Crippen LogP contribution is 2.32. The first kappa shape index (κ1) is 13.6. The Balaban J connectivity index is 1.98. The molecule has 0 amide bonds. The summed E-state index contributed by atoms with van der Waals surface area (Å²) < 4.78 is 12.1. The zero-order valence-electron chi connectivity index (χ0n) is 11.8. The topological polar surface area (TPSA) is 18.5 Å². The summed E-state index contributed by atoms with van der Waals surface area (Å²) in [7, 11) is 0. The molecule has 18 heavy (non-hydrogen) atoms. The number of hydrogen-bond acceptors (Lipinski definition) is 2. The van der Waals surface area contributed by atoms with Crippen molar-refractivity contribution < 1.29 is 9.47 Å². The summed E-state index contributed by atoms with van der Waals surface area (Å²) in [5.41, 5.74) is 1.24.